The lowest BCUT2D eigenvalue weighted by molar-refractivity contribution is 0.625. The van der Waals surface area contributed by atoms with E-state index in [1.807, 2.05) is 0 Å². The molecule has 0 aromatic heterocycles. The molecule has 0 aliphatic heterocycles. The number of nitrogens with zero attached hydrogens (tertiary/aromatic N) is 1. The Morgan fingerprint density at radius 2 is 2.27 bits per heavy atom. The molecular formula is C8H9BrClFN4. The van der Waals surface area contributed by atoms with Gasteiger partial charge in [0, 0.05) is 10.0 Å². The highest BCUT2D eigenvalue weighted by atomic mass is 79.9. The summed E-state index contributed by atoms with van der Waals surface area (Å²) < 4.78 is 13.8. The zero-order valence-corrected chi connectivity index (χ0v) is 9.90. The molecule has 0 unspecified atom stereocenters. The summed E-state index contributed by atoms with van der Waals surface area (Å²) in [6, 6.07) is 4.48. The fraction of sp³-hybridized carbons (Fsp3) is 0. The summed E-state index contributed by atoms with van der Waals surface area (Å²) >= 11 is 3.20. The Labute approximate surface area is 101 Å². The monoisotopic (exact) mass is 294 g/mol. The Kier molecular flexibility index (Phi) is 5.88. The SMILES string of the molecule is Cl.N=C(N)NN=Cc1cc(Br)ccc1F. The van der Waals surface area contributed by atoms with Crippen LogP contribution in [0.3, 0.4) is 0 Å². The Morgan fingerprint density at radius 3 is 2.87 bits per heavy atom. The van der Waals surface area contributed by atoms with E-state index in [2.05, 4.69) is 26.5 Å². The number of rotatable bonds is 2. The minimum atomic E-state index is -0.387. The molecule has 0 fully saturated rings. The van der Waals surface area contributed by atoms with Crippen molar-refractivity contribution >= 4 is 40.5 Å². The van der Waals surface area contributed by atoms with E-state index in [-0.39, 0.29) is 24.2 Å². The van der Waals surface area contributed by atoms with Crippen LogP contribution < -0.4 is 11.2 Å². The first-order chi connectivity index (χ1) is 6.59. The predicted octanol–water partition coefficient (Wildman–Crippen LogP) is 1.83. The van der Waals surface area contributed by atoms with Crippen molar-refractivity contribution in [2.45, 2.75) is 0 Å². The van der Waals surface area contributed by atoms with Crippen LogP contribution in [0.2, 0.25) is 0 Å². The van der Waals surface area contributed by atoms with Gasteiger partial charge in [0.05, 0.1) is 6.21 Å². The van der Waals surface area contributed by atoms with Crippen LogP contribution in [-0.4, -0.2) is 12.2 Å². The zero-order chi connectivity index (χ0) is 10.6. The lowest BCUT2D eigenvalue weighted by Gasteiger charge is -1.97. The second kappa shape index (κ2) is 6.36. The number of benzene rings is 1. The Balaban J connectivity index is 0.00000196. The van der Waals surface area contributed by atoms with E-state index in [1.54, 1.807) is 12.1 Å². The summed E-state index contributed by atoms with van der Waals surface area (Å²) in [7, 11) is 0. The molecule has 0 spiro atoms. The van der Waals surface area contributed by atoms with Gasteiger partial charge in [-0.25, -0.2) is 9.82 Å². The maximum Gasteiger partial charge on any atom is 0.206 e. The first kappa shape index (κ1) is 13.9. The molecule has 0 saturated heterocycles. The first-order valence-electron chi connectivity index (χ1n) is 3.68. The molecule has 7 heteroatoms. The van der Waals surface area contributed by atoms with E-state index in [0.29, 0.717) is 5.56 Å². The molecular weight excluding hydrogens is 286 g/mol. The Bertz CT molecular complexity index is 383. The first-order valence-corrected chi connectivity index (χ1v) is 4.47. The molecule has 1 rings (SSSR count). The maximum absolute atomic E-state index is 13.1. The van der Waals surface area contributed by atoms with E-state index in [4.69, 9.17) is 11.1 Å². The van der Waals surface area contributed by atoms with Crippen molar-refractivity contribution in [3.8, 4) is 0 Å². The van der Waals surface area contributed by atoms with Crippen LogP contribution in [0.1, 0.15) is 5.56 Å². The van der Waals surface area contributed by atoms with Crippen LogP contribution in [0.25, 0.3) is 0 Å². The summed E-state index contributed by atoms with van der Waals surface area (Å²) in [6.45, 7) is 0. The highest BCUT2D eigenvalue weighted by Crippen LogP contribution is 2.13. The van der Waals surface area contributed by atoms with Gasteiger partial charge in [0.25, 0.3) is 0 Å². The third-order valence-electron chi connectivity index (χ3n) is 1.35. The van der Waals surface area contributed by atoms with Crippen molar-refractivity contribution in [2.75, 3.05) is 0 Å². The molecule has 0 heterocycles. The van der Waals surface area contributed by atoms with Gasteiger partial charge < -0.3 is 5.73 Å². The topological polar surface area (TPSA) is 74.3 Å². The van der Waals surface area contributed by atoms with Gasteiger partial charge >= 0.3 is 0 Å². The fourth-order valence-corrected chi connectivity index (χ4v) is 1.16. The summed E-state index contributed by atoms with van der Waals surface area (Å²) in [6.07, 6.45) is 1.25. The van der Waals surface area contributed by atoms with Crippen LogP contribution in [0.4, 0.5) is 4.39 Å². The quantitative estimate of drug-likeness (QED) is 0.442. The Hall–Kier alpha value is -1.14. The Morgan fingerprint density at radius 1 is 1.60 bits per heavy atom. The van der Waals surface area contributed by atoms with E-state index in [0.717, 1.165) is 4.47 Å². The van der Waals surface area contributed by atoms with Gasteiger partial charge in [-0.15, -0.1) is 12.4 Å². The molecule has 82 valence electrons. The van der Waals surface area contributed by atoms with Crippen LogP contribution in [0.5, 0.6) is 0 Å². The number of nitrogens with two attached hydrogens (primary N) is 1. The smallest absolute Gasteiger partial charge is 0.206 e. The van der Waals surface area contributed by atoms with Crippen LogP contribution in [0.15, 0.2) is 27.8 Å². The average Bonchev–Trinajstić information content (AvgIpc) is 2.10. The van der Waals surface area contributed by atoms with Crippen LogP contribution in [0, 0.1) is 11.2 Å². The molecule has 0 aliphatic rings. The maximum atomic E-state index is 13.1. The molecule has 0 radical (unpaired) electrons. The zero-order valence-electron chi connectivity index (χ0n) is 7.50. The van der Waals surface area contributed by atoms with Crippen molar-refractivity contribution in [2.24, 2.45) is 10.8 Å². The summed E-state index contributed by atoms with van der Waals surface area (Å²) in [5.41, 5.74) is 7.48. The molecule has 4 nitrogen and oxygen atoms in total. The normalized spacial score (nSPS) is 9.73. The van der Waals surface area contributed by atoms with E-state index < -0.39 is 0 Å². The van der Waals surface area contributed by atoms with Gasteiger partial charge in [-0.1, -0.05) is 15.9 Å². The molecule has 0 saturated carbocycles. The average molecular weight is 296 g/mol. The van der Waals surface area contributed by atoms with Gasteiger partial charge in [-0.3, -0.25) is 5.41 Å². The van der Waals surface area contributed by atoms with Gasteiger partial charge in [0.1, 0.15) is 5.82 Å². The molecule has 1 aromatic rings. The molecule has 0 aliphatic carbocycles. The second-order valence-electron chi connectivity index (χ2n) is 2.45. The third-order valence-corrected chi connectivity index (χ3v) is 1.84. The number of guanidine groups is 1. The molecule has 0 atom stereocenters. The number of halogens is 3. The molecule has 0 amide bonds. The number of nitrogens with one attached hydrogen (secondary N) is 2. The van der Waals surface area contributed by atoms with Gasteiger partial charge in [0.2, 0.25) is 5.96 Å². The van der Waals surface area contributed by atoms with E-state index >= 15 is 0 Å². The van der Waals surface area contributed by atoms with E-state index in [9.17, 15) is 4.39 Å². The van der Waals surface area contributed by atoms with Crippen LogP contribution >= 0.6 is 28.3 Å². The minimum Gasteiger partial charge on any atom is -0.369 e. The highest BCUT2D eigenvalue weighted by Gasteiger charge is 1.98. The lowest BCUT2D eigenvalue weighted by atomic mass is 10.2. The van der Waals surface area contributed by atoms with Gasteiger partial charge in [0.15, 0.2) is 0 Å². The van der Waals surface area contributed by atoms with Crippen molar-refractivity contribution < 1.29 is 4.39 Å². The van der Waals surface area contributed by atoms with Crippen molar-refractivity contribution in [1.29, 1.82) is 5.41 Å². The third kappa shape index (κ3) is 4.75. The lowest BCUT2D eigenvalue weighted by Crippen LogP contribution is -2.25. The predicted molar refractivity (Wildman–Crippen MR) is 64.0 cm³/mol. The van der Waals surface area contributed by atoms with Crippen molar-refractivity contribution in [3.63, 3.8) is 0 Å². The van der Waals surface area contributed by atoms with Crippen molar-refractivity contribution in [3.05, 3.63) is 34.1 Å². The fourth-order valence-electron chi connectivity index (χ4n) is 0.785. The highest BCUT2D eigenvalue weighted by molar-refractivity contribution is 9.10. The number of hydrogen-bond donors (Lipinski definition) is 3. The largest absolute Gasteiger partial charge is 0.369 e. The second-order valence-corrected chi connectivity index (χ2v) is 3.37. The van der Waals surface area contributed by atoms with Gasteiger partial charge in [-0.2, -0.15) is 5.10 Å². The molecule has 15 heavy (non-hydrogen) atoms. The van der Waals surface area contributed by atoms with Gasteiger partial charge in [-0.05, 0) is 18.2 Å². The van der Waals surface area contributed by atoms with E-state index in [1.165, 1.54) is 12.3 Å². The molecule has 0 bridgehead atoms. The summed E-state index contributed by atoms with van der Waals surface area (Å²) in [5, 5.41) is 10.4. The summed E-state index contributed by atoms with van der Waals surface area (Å²) in [5.74, 6) is -0.682. The number of hydrazone groups is 1. The summed E-state index contributed by atoms with van der Waals surface area (Å²) in [4.78, 5) is 0. The van der Waals surface area contributed by atoms with Crippen LogP contribution in [-0.2, 0) is 0 Å². The molecule has 4 N–H and O–H groups in total. The van der Waals surface area contributed by atoms with Crippen molar-refractivity contribution in [1.82, 2.24) is 5.43 Å². The standard InChI is InChI=1S/C8H8BrFN4.ClH/c9-6-1-2-7(10)5(3-6)4-13-14-8(11)12;/h1-4H,(H4,11,12,14);1H. The molecule has 1 aromatic carbocycles. The number of hydrogen-bond acceptors (Lipinski definition) is 2. The minimum absolute atomic E-state index is 0.